The van der Waals surface area contributed by atoms with Crippen molar-refractivity contribution >= 4 is 24.2 Å². The van der Waals surface area contributed by atoms with Crippen LogP contribution in [0.1, 0.15) is 17.8 Å². The second-order valence-corrected chi connectivity index (χ2v) is 3.78. The molecule has 1 saturated heterocycles. The smallest absolute Gasteiger partial charge is 0.244 e. The van der Waals surface area contributed by atoms with E-state index >= 15 is 0 Å². The van der Waals surface area contributed by atoms with Crippen LogP contribution in [0.4, 0.5) is 0 Å². The summed E-state index contributed by atoms with van der Waals surface area (Å²) in [6.07, 6.45) is 0. The maximum Gasteiger partial charge on any atom is 0.244 e. The summed E-state index contributed by atoms with van der Waals surface area (Å²) in [5, 5.41) is 7.04. The second-order valence-electron chi connectivity index (χ2n) is 2.75. The lowest BCUT2D eigenvalue weighted by atomic mass is 10.3. The van der Waals surface area contributed by atoms with Gasteiger partial charge >= 0.3 is 0 Å². The van der Waals surface area contributed by atoms with Crippen LogP contribution in [0.5, 0.6) is 0 Å². The first-order valence-electron chi connectivity index (χ1n) is 4.02. The molecule has 7 heteroatoms. The van der Waals surface area contributed by atoms with E-state index in [0.717, 1.165) is 11.6 Å². The van der Waals surface area contributed by atoms with Crippen molar-refractivity contribution in [1.29, 1.82) is 0 Å². The second kappa shape index (κ2) is 5.55. The van der Waals surface area contributed by atoms with Gasteiger partial charge in [0.1, 0.15) is 6.61 Å². The van der Waals surface area contributed by atoms with Gasteiger partial charge in [-0.05, 0) is 0 Å². The molecule has 5 nitrogen and oxygen atoms in total. The summed E-state index contributed by atoms with van der Waals surface area (Å²) in [6, 6.07) is 0.211. The van der Waals surface area contributed by atoms with Gasteiger partial charge in [0, 0.05) is 18.7 Å². The molecule has 0 amide bonds. The standard InChI is InChI=1S/C7H11N3O2S.ClH/c1-11-2-6-9-7(12-10-6)5-3-13-4-8-5;/h5,8H,2-4H2,1H3;1H/t5-;/m1./s1. The van der Waals surface area contributed by atoms with E-state index in [1.54, 1.807) is 7.11 Å². The van der Waals surface area contributed by atoms with Crippen molar-refractivity contribution in [1.82, 2.24) is 15.5 Å². The quantitative estimate of drug-likeness (QED) is 0.846. The Balaban J connectivity index is 0.000000980. The minimum Gasteiger partial charge on any atom is -0.377 e. The molecule has 1 N–H and O–H groups in total. The van der Waals surface area contributed by atoms with Crippen molar-refractivity contribution in [3.8, 4) is 0 Å². The molecular weight excluding hydrogens is 226 g/mol. The molecule has 0 unspecified atom stereocenters. The summed E-state index contributed by atoms with van der Waals surface area (Å²) >= 11 is 1.83. The van der Waals surface area contributed by atoms with Gasteiger partial charge in [-0.2, -0.15) is 4.98 Å². The zero-order chi connectivity index (χ0) is 9.10. The molecule has 0 bridgehead atoms. The van der Waals surface area contributed by atoms with Crippen molar-refractivity contribution in [2.75, 3.05) is 18.7 Å². The first-order valence-corrected chi connectivity index (χ1v) is 5.18. The van der Waals surface area contributed by atoms with Crippen LogP contribution in [-0.4, -0.2) is 28.9 Å². The monoisotopic (exact) mass is 237 g/mol. The Kier molecular flexibility index (Phi) is 4.67. The molecule has 0 spiro atoms. The highest BCUT2D eigenvalue weighted by molar-refractivity contribution is 7.99. The molecule has 0 aromatic carbocycles. The number of methoxy groups -OCH3 is 1. The van der Waals surface area contributed by atoms with E-state index in [4.69, 9.17) is 9.26 Å². The van der Waals surface area contributed by atoms with Gasteiger partial charge in [-0.1, -0.05) is 5.16 Å². The van der Waals surface area contributed by atoms with Crippen LogP contribution in [0, 0.1) is 0 Å². The molecule has 2 rings (SSSR count). The number of thioether (sulfide) groups is 1. The third kappa shape index (κ3) is 2.60. The zero-order valence-corrected chi connectivity index (χ0v) is 9.36. The van der Waals surface area contributed by atoms with E-state index in [-0.39, 0.29) is 18.4 Å². The molecule has 80 valence electrons. The van der Waals surface area contributed by atoms with E-state index in [1.165, 1.54) is 0 Å². The Bertz CT molecular complexity index is 278. The minimum absolute atomic E-state index is 0. The Morgan fingerprint density at radius 3 is 3.21 bits per heavy atom. The molecule has 2 heterocycles. The van der Waals surface area contributed by atoms with Crippen LogP contribution in [0.25, 0.3) is 0 Å². The summed E-state index contributed by atoms with van der Waals surface area (Å²) in [6.45, 7) is 0.406. The fraction of sp³-hybridized carbons (Fsp3) is 0.714. The fourth-order valence-corrected chi connectivity index (χ4v) is 2.08. The maximum atomic E-state index is 5.08. The molecule has 1 fully saturated rings. The van der Waals surface area contributed by atoms with E-state index in [9.17, 15) is 0 Å². The number of hydrogen-bond acceptors (Lipinski definition) is 6. The first kappa shape index (κ1) is 11.8. The highest BCUT2D eigenvalue weighted by Crippen LogP contribution is 2.22. The van der Waals surface area contributed by atoms with Gasteiger partial charge in [0.15, 0.2) is 5.82 Å². The topological polar surface area (TPSA) is 60.2 Å². The van der Waals surface area contributed by atoms with Crippen molar-refractivity contribution in [2.24, 2.45) is 0 Å². The van der Waals surface area contributed by atoms with Crippen molar-refractivity contribution in [3.63, 3.8) is 0 Å². The molecule has 0 saturated carbocycles. The molecular formula is C7H12ClN3O2S. The van der Waals surface area contributed by atoms with E-state index in [2.05, 4.69) is 15.5 Å². The predicted molar refractivity (Wildman–Crippen MR) is 55.5 cm³/mol. The Morgan fingerprint density at radius 2 is 2.57 bits per heavy atom. The summed E-state index contributed by atoms with van der Waals surface area (Å²) in [4.78, 5) is 4.20. The molecule has 1 aromatic rings. The molecule has 14 heavy (non-hydrogen) atoms. The van der Waals surface area contributed by atoms with Gasteiger partial charge in [-0.3, -0.25) is 5.32 Å². The molecule has 1 aliphatic heterocycles. The largest absolute Gasteiger partial charge is 0.377 e. The lowest BCUT2D eigenvalue weighted by Gasteiger charge is -1.99. The summed E-state index contributed by atoms with van der Waals surface area (Å²) in [5.74, 6) is 3.22. The van der Waals surface area contributed by atoms with Gasteiger partial charge in [0.05, 0.1) is 6.04 Å². The van der Waals surface area contributed by atoms with Crippen LogP contribution in [-0.2, 0) is 11.3 Å². The molecule has 0 radical (unpaired) electrons. The first-order chi connectivity index (χ1) is 6.40. The third-order valence-corrected chi connectivity index (χ3v) is 2.71. The number of aromatic nitrogens is 2. The van der Waals surface area contributed by atoms with Gasteiger partial charge < -0.3 is 9.26 Å². The lowest BCUT2D eigenvalue weighted by molar-refractivity contribution is 0.174. The van der Waals surface area contributed by atoms with Crippen molar-refractivity contribution < 1.29 is 9.26 Å². The summed E-state index contributed by atoms with van der Waals surface area (Å²) < 4.78 is 9.98. The van der Waals surface area contributed by atoms with Crippen LogP contribution in [0.15, 0.2) is 4.52 Å². The van der Waals surface area contributed by atoms with Crippen LogP contribution in [0.3, 0.4) is 0 Å². The highest BCUT2D eigenvalue weighted by Gasteiger charge is 2.22. The lowest BCUT2D eigenvalue weighted by Crippen LogP contribution is -2.14. The molecule has 1 atom stereocenters. The number of nitrogens with zero attached hydrogens (tertiary/aromatic N) is 2. The van der Waals surface area contributed by atoms with Crippen LogP contribution < -0.4 is 5.32 Å². The molecule has 1 aromatic heterocycles. The summed E-state index contributed by atoms with van der Waals surface area (Å²) in [7, 11) is 1.61. The number of ether oxygens (including phenoxy) is 1. The molecule has 0 aliphatic carbocycles. The van der Waals surface area contributed by atoms with Crippen LogP contribution >= 0.6 is 24.2 Å². The third-order valence-electron chi connectivity index (χ3n) is 1.77. The van der Waals surface area contributed by atoms with Gasteiger partial charge in [-0.25, -0.2) is 0 Å². The minimum atomic E-state index is 0. The van der Waals surface area contributed by atoms with Gasteiger partial charge in [0.2, 0.25) is 5.89 Å². The van der Waals surface area contributed by atoms with Gasteiger partial charge in [-0.15, -0.1) is 24.2 Å². The number of hydrogen-bond donors (Lipinski definition) is 1. The Morgan fingerprint density at radius 1 is 1.71 bits per heavy atom. The normalized spacial score (nSPS) is 20.8. The van der Waals surface area contributed by atoms with E-state index < -0.39 is 0 Å². The number of rotatable bonds is 3. The highest BCUT2D eigenvalue weighted by atomic mass is 35.5. The zero-order valence-electron chi connectivity index (χ0n) is 7.73. The van der Waals surface area contributed by atoms with Gasteiger partial charge in [0.25, 0.3) is 0 Å². The van der Waals surface area contributed by atoms with Crippen LogP contribution in [0.2, 0.25) is 0 Å². The SMILES string of the molecule is COCc1noc([C@H]2CSCN2)n1.Cl. The molecule has 1 aliphatic rings. The number of nitrogens with one attached hydrogen (secondary N) is 1. The predicted octanol–water partition coefficient (Wildman–Crippen LogP) is 0.973. The Hall–Kier alpha value is -0.300. The van der Waals surface area contributed by atoms with E-state index in [0.29, 0.717) is 18.3 Å². The van der Waals surface area contributed by atoms with Crippen molar-refractivity contribution in [2.45, 2.75) is 12.6 Å². The average Bonchev–Trinajstić information content (AvgIpc) is 2.70. The van der Waals surface area contributed by atoms with E-state index in [1.807, 2.05) is 11.8 Å². The average molecular weight is 238 g/mol. The Labute approximate surface area is 92.4 Å². The van der Waals surface area contributed by atoms with Crippen molar-refractivity contribution in [3.05, 3.63) is 11.7 Å². The number of halogens is 1. The maximum absolute atomic E-state index is 5.08. The summed E-state index contributed by atoms with van der Waals surface area (Å²) in [5.41, 5.74) is 0. The fourth-order valence-electron chi connectivity index (χ4n) is 1.15.